The number of hydrogen-bond acceptors (Lipinski definition) is 15. The zero-order valence-electron chi connectivity index (χ0n) is 29.0. The van der Waals surface area contributed by atoms with E-state index in [1.165, 1.54) is 0 Å². The first kappa shape index (κ1) is 45.6. The van der Waals surface area contributed by atoms with Crippen LogP contribution in [0.4, 0.5) is 0 Å². The number of aromatic nitrogens is 2. The highest BCUT2D eigenvalue weighted by molar-refractivity contribution is 8.00. The van der Waals surface area contributed by atoms with Crippen molar-refractivity contribution < 1.29 is 67.2 Å². The molecule has 290 valence electrons. The number of nitrogens with one attached hydrogen (secondary N) is 1. The fourth-order valence-electron chi connectivity index (χ4n) is 3.66. The van der Waals surface area contributed by atoms with E-state index in [0.29, 0.717) is 131 Å². The van der Waals surface area contributed by atoms with Crippen molar-refractivity contribution >= 4 is 29.6 Å². The Morgan fingerprint density at radius 1 is 0.740 bits per heavy atom. The molecule has 0 aliphatic carbocycles. The van der Waals surface area contributed by atoms with E-state index in [2.05, 4.69) is 10.3 Å². The summed E-state index contributed by atoms with van der Waals surface area (Å²) in [7, 11) is 0. The molecule has 50 heavy (non-hydrogen) atoms. The van der Waals surface area contributed by atoms with Crippen molar-refractivity contribution in [2.24, 2.45) is 5.73 Å². The van der Waals surface area contributed by atoms with Crippen LogP contribution in [0.5, 0.6) is 0 Å². The van der Waals surface area contributed by atoms with Gasteiger partial charge in [0.1, 0.15) is 6.04 Å². The molecule has 0 aliphatic heterocycles. The van der Waals surface area contributed by atoms with Gasteiger partial charge in [0.15, 0.2) is 0 Å². The Bertz CT molecular complexity index is 993. The second-order valence-corrected chi connectivity index (χ2v) is 11.5. The Hall–Kier alpha value is -2.43. The summed E-state index contributed by atoms with van der Waals surface area (Å²) in [5.41, 5.74) is 6.03. The topological polar surface area (TPSA) is 231 Å². The lowest BCUT2D eigenvalue weighted by molar-refractivity contribution is -0.138. The van der Waals surface area contributed by atoms with Crippen molar-refractivity contribution in [1.29, 1.82) is 0 Å². The van der Waals surface area contributed by atoms with Gasteiger partial charge in [-0.2, -0.15) is 0 Å². The molecule has 2 unspecified atom stereocenters. The van der Waals surface area contributed by atoms with Gasteiger partial charge in [-0.3, -0.25) is 14.4 Å². The molecule has 18 nitrogen and oxygen atoms in total. The third-order valence-corrected chi connectivity index (χ3v) is 7.59. The van der Waals surface area contributed by atoms with Crippen LogP contribution in [0.25, 0.3) is 0 Å². The van der Waals surface area contributed by atoms with Crippen LogP contribution >= 0.6 is 11.8 Å². The molecule has 0 saturated heterocycles. The van der Waals surface area contributed by atoms with Gasteiger partial charge in [0.2, 0.25) is 5.91 Å². The van der Waals surface area contributed by atoms with Crippen LogP contribution in [-0.2, 0) is 70.1 Å². The first-order chi connectivity index (χ1) is 24.3. The van der Waals surface area contributed by atoms with Gasteiger partial charge in [0, 0.05) is 25.1 Å². The number of rotatable bonds is 37. The van der Waals surface area contributed by atoms with Gasteiger partial charge in [-0.15, -0.1) is 11.8 Å². The monoisotopic (exact) mass is 740 g/mol. The van der Waals surface area contributed by atoms with E-state index < -0.39 is 35.6 Å². The minimum absolute atomic E-state index is 0.0896. The van der Waals surface area contributed by atoms with Crippen LogP contribution in [-0.4, -0.2) is 174 Å². The number of imidazole rings is 1. The Morgan fingerprint density at radius 2 is 1.16 bits per heavy atom. The molecular weight excluding hydrogens is 684 g/mol. The molecule has 0 spiro atoms. The van der Waals surface area contributed by atoms with Gasteiger partial charge >= 0.3 is 11.9 Å². The van der Waals surface area contributed by atoms with Crippen LogP contribution < -0.4 is 11.1 Å². The number of aliphatic carboxylic acids is 2. The number of carbonyl (C=O) groups excluding carboxylic acids is 1. The summed E-state index contributed by atoms with van der Waals surface area (Å²) < 4.78 is 50.7. The van der Waals surface area contributed by atoms with E-state index in [1.807, 2.05) is 6.92 Å². The molecule has 1 rings (SSSR count). The average Bonchev–Trinajstić information content (AvgIpc) is 3.55. The van der Waals surface area contributed by atoms with Crippen molar-refractivity contribution in [2.45, 2.75) is 37.7 Å². The maximum absolute atomic E-state index is 12.5. The van der Waals surface area contributed by atoms with Crippen molar-refractivity contribution in [1.82, 2.24) is 14.9 Å². The molecule has 0 saturated carbocycles. The van der Waals surface area contributed by atoms with Crippen LogP contribution in [0.2, 0.25) is 0 Å². The SMILES string of the molecule is CCOCCOCCOCCOCCOCCOCCOCCOCCOCCn1cnc(CNC(=O)C(CC(=O)O)SCC(N)C(=O)O)c1. The molecule has 2 atom stereocenters. The summed E-state index contributed by atoms with van der Waals surface area (Å²) in [5.74, 6) is -3.02. The highest BCUT2D eigenvalue weighted by Gasteiger charge is 2.24. The van der Waals surface area contributed by atoms with E-state index in [1.54, 1.807) is 17.1 Å². The molecule has 1 heterocycles. The first-order valence-electron chi connectivity index (χ1n) is 16.6. The number of amides is 1. The second-order valence-electron chi connectivity index (χ2n) is 10.3. The molecule has 1 amide bonds. The summed E-state index contributed by atoms with van der Waals surface area (Å²) >= 11 is 0.891. The molecule has 1 aromatic heterocycles. The lowest BCUT2D eigenvalue weighted by Crippen LogP contribution is -2.37. The summed E-state index contributed by atoms with van der Waals surface area (Å²) in [6, 6.07) is -1.20. The van der Waals surface area contributed by atoms with E-state index in [-0.39, 0.29) is 12.3 Å². The molecule has 0 aromatic carbocycles. The summed E-state index contributed by atoms with van der Waals surface area (Å²) in [6.45, 7) is 11.6. The van der Waals surface area contributed by atoms with E-state index in [9.17, 15) is 14.4 Å². The Balaban J connectivity index is 1.89. The molecule has 1 aromatic rings. The third-order valence-electron chi connectivity index (χ3n) is 6.25. The van der Waals surface area contributed by atoms with Gasteiger partial charge in [-0.25, -0.2) is 4.98 Å². The molecule has 19 heteroatoms. The van der Waals surface area contributed by atoms with Crippen LogP contribution in [0, 0.1) is 0 Å². The normalized spacial score (nSPS) is 12.6. The smallest absolute Gasteiger partial charge is 0.321 e. The lowest BCUT2D eigenvalue weighted by atomic mass is 10.3. The third kappa shape index (κ3) is 27.3. The summed E-state index contributed by atoms with van der Waals surface area (Å²) in [5, 5.41) is 19.6. The summed E-state index contributed by atoms with van der Waals surface area (Å²) in [4.78, 5) is 38.7. The maximum atomic E-state index is 12.5. The highest BCUT2D eigenvalue weighted by atomic mass is 32.2. The molecule has 0 aliphatic rings. The molecule has 0 fully saturated rings. The van der Waals surface area contributed by atoms with Crippen molar-refractivity contribution in [3.05, 3.63) is 18.2 Å². The zero-order chi connectivity index (χ0) is 36.5. The van der Waals surface area contributed by atoms with Crippen molar-refractivity contribution in [3.63, 3.8) is 0 Å². The first-order valence-corrected chi connectivity index (χ1v) is 17.7. The Kier molecular flexibility index (Phi) is 29.6. The fraction of sp³-hybridized carbons (Fsp3) is 0.806. The van der Waals surface area contributed by atoms with Gasteiger partial charge < -0.3 is 68.5 Å². The predicted molar refractivity (Wildman–Crippen MR) is 181 cm³/mol. The highest BCUT2D eigenvalue weighted by Crippen LogP contribution is 2.16. The average molecular weight is 741 g/mol. The number of carboxylic acids is 2. The van der Waals surface area contributed by atoms with Crippen molar-refractivity contribution in [3.8, 4) is 0 Å². The van der Waals surface area contributed by atoms with E-state index in [4.69, 9.17) is 58.6 Å². The summed E-state index contributed by atoms with van der Waals surface area (Å²) in [6.07, 6.45) is 2.89. The van der Waals surface area contributed by atoms with Crippen LogP contribution in [0.3, 0.4) is 0 Å². The zero-order valence-corrected chi connectivity index (χ0v) is 29.9. The lowest BCUT2D eigenvalue weighted by Gasteiger charge is -2.15. The standard InChI is InChI=1S/C31H56N4O14S/c1-2-41-5-6-43-9-10-45-13-14-47-17-18-49-20-19-48-16-15-46-12-11-44-8-7-42-4-3-35-23-26(34-25-35)22-33-30(38)28(21-29(36)37)50-24-27(32)31(39)40/h23,25,27-28H,2-22,24,32H2,1H3,(H,33,38)(H,36,37)(H,39,40). The van der Waals surface area contributed by atoms with Crippen LogP contribution in [0.15, 0.2) is 12.5 Å². The number of nitrogens with zero attached hydrogens (tertiary/aromatic N) is 2. The quantitative estimate of drug-likeness (QED) is 0.0639. The Morgan fingerprint density at radius 3 is 1.56 bits per heavy atom. The second kappa shape index (κ2) is 32.5. The number of carbonyl (C=O) groups is 3. The van der Waals surface area contributed by atoms with E-state index >= 15 is 0 Å². The van der Waals surface area contributed by atoms with Gasteiger partial charge in [0.05, 0.1) is 143 Å². The van der Waals surface area contributed by atoms with Gasteiger partial charge in [0.25, 0.3) is 0 Å². The van der Waals surface area contributed by atoms with Crippen molar-refractivity contribution in [2.75, 3.05) is 125 Å². The fourth-order valence-corrected chi connectivity index (χ4v) is 4.74. The minimum atomic E-state index is -1.22. The molecule has 0 bridgehead atoms. The minimum Gasteiger partial charge on any atom is -0.481 e. The number of hydrogen-bond donors (Lipinski definition) is 4. The number of thioether (sulfide) groups is 1. The number of ether oxygens (including phenoxy) is 9. The molecular formula is C31H56N4O14S. The Labute approximate surface area is 297 Å². The van der Waals surface area contributed by atoms with Crippen LogP contribution in [0.1, 0.15) is 19.0 Å². The number of nitrogens with two attached hydrogens (primary N) is 1. The van der Waals surface area contributed by atoms with E-state index in [0.717, 1.165) is 11.8 Å². The molecule has 5 N–H and O–H groups in total. The number of carboxylic acid groups (broad SMARTS) is 2. The largest absolute Gasteiger partial charge is 0.481 e. The van der Waals surface area contributed by atoms with Gasteiger partial charge in [-0.05, 0) is 6.92 Å². The maximum Gasteiger partial charge on any atom is 0.321 e. The van der Waals surface area contributed by atoms with Gasteiger partial charge in [-0.1, -0.05) is 0 Å². The predicted octanol–water partition coefficient (Wildman–Crippen LogP) is -0.343. The molecule has 0 radical (unpaired) electrons.